The molecular weight excluding hydrogens is 170 g/mol. The summed E-state index contributed by atoms with van der Waals surface area (Å²) in [5.74, 6) is 1.06. The monoisotopic (exact) mass is 197 g/mol. The lowest BCUT2D eigenvalue weighted by Crippen LogP contribution is -2.25. The van der Waals surface area contributed by atoms with Crippen LogP contribution in [0.25, 0.3) is 0 Å². The second-order valence-corrected chi connectivity index (χ2v) is 4.86. The van der Waals surface area contributed by atoms with Crippen LogP contribution in [0.2, 0.25) is 0 Å². The first-order valence-corrected chi connectivity index (χ1v) is 6.54. The number of nitrogens with one attached hydrogen (secondary N) is 1. The number of unbranched alkanes of at least 4 members (excludes halogenated alkanes) is 1. The van der Waals surface area contributed by atoms with Crippen LogP contribution >= 0.6 is 0 Å². The predicted molar refractivity (Wildman–Crippen MR) is 63.6 cm³/mol. The minimum Gasteiger partial charge on any atom is -0.317 e. The van der Waals surface area contributed by atoms with E-state index in [0.717, 1.165) is 12.0 Å². The quantitative estimate of drug-likeness (QED) is 0.655. The summed E-state index contributed by atoms with van der Waals surface area (Å²) in [4.78, 5) is 0. The van der Waals surface area contributed by atoms with Crippen molar-refractivity contribution in [1.29, 1.82) is 0 Å². The first kappa shape index (κ1) is 12.0. The van der Waals surface area contributed by atoms with E-state index in [1.54, 1.807) is 0 Å². The van der Waals surface area contributed by atoms with Gasteiger partial charge in [-0.1, -0.05) is 45.4 Å². The molecule has 0 bridgehead atoms. The van der Waals surface area contributed by atoms with Crippen LogP contribution in [0.15, 0.2) is 0 Å². The maximum Gasteiger partial charge on any atom is 0.00641 e. The molecule has 1 rings (SSSR count). The van der Waals surface area contributed by atoms with Gasteiger partial charge in [0.2, 0.25) is 0 Å². The zero-order chi connectivity index (χ0) is 10.2. The van der Waals surface area contributed by atoms with E-state index in [1.807, 2.05) is 0 Å². The third-order valence-corrected chi connectivity index (χ3v) is 3.71. The highest BCUT2D eigenvalue weighted by Crippen LogP contribution is 2.29. The third kappa shape index (κ3) is 4.45. The fourth-order valence-corrected chi connectivity index (χ4v) is 2.62. The van der Waals surface area contributed by atoms with E-state index in [2.05, 4.69) is 19.3 Å². The maximum atomic E-state index is 3.46. The van der Waals surface area contributed by atoms with Gasteiger partial charge in [-0.2, -0.15) is 0 Å². The Bertz CT molecular complexity index is 127. The molecule has 1 heteroatoms. The Morgan fingerprint density at radius 2 is 1.93 bits per heavy atom. The third-order valence-electron chi connectivity index (χ3n) is 3.71. The highest BCUT2D eigenvalue weighted by molar-refractivity contribution is 4.71. The van der Waals surface area contributed by atoms with Gasteiger partial charge in [-0.15, -0.1) is 0 Å². The van der Waals surface area contributed by atoms with E-state index in [1.165, 1.54) is 57.8 Å². The number of hydrogen-bond donors (Lipinski definition) is 1. The van der Waals surface area contributed by atoms with E-state index in [0.29, 0.717) is 0 Å². The molecule has 0 amide bonds. The molecule has 0 heterocycles. The first-order chi connectivity index (χ1) is 6.86. The molecule has 1 atom stereocenters. The van der Waals surface area contributed by atoms with Gasteiger partial charge >= 0.3 is 0 Å². The van der Waals surface area contributed by atoms with E-state index >= 15 is 0 Å². The minimum absolute atomic E-state index is 0.788. The van der Waals surface area contributed by atoms with Gasteiger partial charge in [0.1, 0.15) is 0 Å². The maximum absolute atomic E-state index is 3.46. The normalized spacial score (nSPS) is 20.1. The van der Waals surface area contributed by atoms with Crippen molar-refractivity contribution in [1.82, 2.24) is 5.32 Å². The lowest BCUT2D eigenvalue weighted by molar-refractivity contribution is 0.399. The summed E-state index contributed by atoms with van der Waals surface area (Å²) < 4.78 is 0. The summed E-state index contributed by atoms with van der Waals surface area (Å²) >= 11 is 0. The molecular formula is C13H27N. The summed E-state index contributed by atoms with van der Waals surface area (Å²) in [7, 11) is 2.12. The number of rotatable bonds is 7. The summed E-state index contributed by atoms with van der Waals surface area (Å²) in [6.45, 7) is 2.28. The van der Waals surface area contributed by atoms with Crippen LogP contribution in [0.3, 0.4) is 0 Å². The molecule has 1 fully saturated rings. The zero-order valence-corrected chi connectivity index (χ0v) is 10.0. The van der Waals surface area contributed by atoms with Crippen molar-refractivity contribution in [2.75, 3.05) is 7.05 Å². The van der Waals surface area contributed by atoms with E-state index in [4.69, 9.17) is 0 Å². The second-order valence-electron chi connectivity index (χ2n) is 4.86. The average Bonchev–Trinajstić information content (AvgIpc) is 2.71. The fourth-order valence-electron chi connectivity index (χ4n) is 2.62. The van der Waals surface area contributed by atoms with Crippen molar-refractivity contribution in [3.8, 4) is 0 Å². The van der Waals surface area contributed by atoms with Crippen LogP contribution in [0.1, 0.15) is 64.7 Å². The summed E-state index contributed by atoms with van der Waals surface area (Å²) in [6.07, 6.45) is 13.0. The second kappa shape index (κ2) is 7.28. The van der Waals surface area contributed by atoms with Gasteiger partial charge in [0, 0.05) is 6.04 Å². The highest BCUT2D eigenvalue weighted by Gasteiger charge is 2.16. The fraction of sp³-hybridized carbons (Fsp3) is 1.00. The molecule has 0 spiro atoms. The Morgan fingerprint density at radius 3 is 2.50 bits per heavy atom. The van der Waals surface area contributed by atoms with Gasteiger partial charge in [-0.25, -0.2) is 0 Å². The van der Waals surface area contributed by atoms with Crippen molar-refractivity contribution >= 4 is 0 Å². The van der Waals surface area contributed by atoms with Crippen molar-refractivity contribution in [2.45, 2.75) is 70.8 Å². The van der Waals surface area contributed by atoms with Gasteiger partial charge in [0.05, 0.1) is 0 Å². The molecule has 84 valence electrons. The minimum atomic E-state index is 0.788. The van der Waals surface area contributed by atoms with Gasteiger partial charge in [0.25, 0.3) is 0 Å². The largest absolute Gasteiger partial charge is 0.317 e. The standard InChI is InChI=1S/C13H27N/c1-3-4-9-13(14-2)11-10-12-7-5-6-8-12/h12-14H,3-11H2,1-2H3. The Hall–Kier alpha value is -0.0400. The van der Waals surface area contributed by atoms with Crippen LogP contribution in [-0.2, 0) is 0 Å². The highest BCUT2D eigenvalue weighted by atomic mass is 14.9. The number of hydrogen-bond acceptors (Lipinski definition) is 1. The molecule has 14 heavy (non-hydrogen) atoms. The van der Waals surface area contributed by atoms with Crippen LogP contribution in [0.5, 0.6) is 0 Å². The van der Waals surface area contributed by atoms with Crippen LogP contribution in [0, 0.1) is 5.92 Å². The van der Waals surface area contributed by atoms with Crippen molar-refractivity contribution in [3.05, 3.63) is 0 Å². The van der Waals surface area contributed by atoms with Crippen molar-refractivity contribution in [3.63, 3.8) is 0 Å². The van der Waals surface area contributed by atoms with Crippen LogP contribution < -0.4 is 5.32 Å². The summed E-state index contributed by atoms with van der Waals surface area (Å²) in [5, 5.41) is 3.46. The lowest BCUT2D eigenvalue weighted by atomic mass is 9.96. The molecule has 1 saturated carbocycles. The van der Waals surface area contributed by atoms with Gasteiger partial charge in [-0.3, -0.25) is 0 Å². The Labute approximate surface area is 89.7 Å². The average molecular weight is 197 g/mol. The Morgan fingerprint density at radius 1 is 1.21 bits per heavy atom. The van der Waals surface area contributed by atoms with Crippen LogP contribution in [0.4, 0.5) is 0 Å². The molecule has 0 aromatic rings. The van der Waals surface area contributed by atoms with Gasteiger partial charge in [-0.05, 0) is 32.2 Å². The molecule has 0 aromatic heterocycles. The molecule has 1 unspecified atom stereocenters. The van der Waals surface area contributed by atoms with Gasteiger partial charge < -0.3 is 5.32 Å². The molecule has 0 aromatic carbocycles. The van der Waals surface area contributed by atoms with E-state index in [-0.39, 0.29) is 0 Å². The van der Waals surface area contributed by atoms with E-state index < -0.39 is 0 Å². The van der Waals surface area contributed by atoms with E-state index in [9.17, 15) is 0 Å². The first-order valence-electron chi connectivity index (χ1n) is 6.54. The molecule has 0 aliphatic heterocycles. The molecule has 0 saturated heterocycles. The lowest BCUT2D eigenvalue weighted by Gasteiger charge is -2.17. The SMILES string of the molecule is CCCCC(CCC1CCCC1)NC. The molecule has 1 nitrogen and oxygen atoms in total. The van der Waals surface area contributed by atoms with Crippen molar-refractivity contribution < 1.29 is 0 Å². The Balaban J connectivity index is 2.06. The predicted octanol–water partition coefficient (Wildman–Crippen LogP) is 3.74. The molecule has 1 aliphatic carbocycles. The molecule has 0 radical (unpaired) electrons. The molecule has 1 N–H and O–H groups in total. The molecule has 1 aliphatic rings. The topological polar surface area (TPSA) is 12.0 Å². The smallest absolute Gasteiger partial charge is 0.00641 e. The Kier molecular flexibility index (Phi) is 6.25. The van der Waals surface area contributed by atoms with Crippen LogP contribution in [-0.4, -0.2) is 13.1 Å². The zero-order valence-electron chi connectivity index (χ0n) is 10.0. The summed E-state index contributed by atoms with van der Waals surface area (Å²) in [6, 6.07) is 0.788. The van der Waals surface area contributed by atoms with Crippen molar-refractivity contribution in [2.24, 2.45) is 5.92 Å². The summed E-state index contributed by atoms with van der Waals surface area (Å²) in [5.41, 5.74) is 0. The van der Waals surface area contributed by atoms with Gasteiger partial charge in [0.15, 0.2) is 0 Å².